The molecule has 0 N–H and O–H groups in total. The van der Waals surface area contributed by atoms with Crippen molar-refractivity contribution in [3.8, 4) is 0 Å². The molecule has 0 atom stereocenters. The van der Waals surface area contributed by atoms with E-state index < -0.39 is 0 Å². The van der Waals surface area contributed by atoms with E-state index in [1.165, 1.54) is 5.56 Å². The SMILES string of the molecule is C(=NOCc1ccccc1)c1cccn1Cc1ccccc1. The largest absolute Gasteiger partial charge is 0.391 e. The van der Waals surface area contributed by atoms with Crippen LogP contribution in [-0.2, 0) is 18.0 Å². The smallest absolute Gasteiger partial charge is 0.142 e. The fourth-order valence-electron chi connectivity index (χ4n) is 2.25. The van der Waals surface area contributed by atoms with Crippen LogP contribution >= 0.6 is 0 Å². The van der Waals surface area contributed by atoms with Crippen LogP contribution in [0.3, 0.4) is 0 Å². The van der Waals surface area contributed by atoms with E-state index in [9.17, 15) is 0 Å². The van der Waals surface area contributed by atoms with Gasteiger partial charge in [0.05, 0.1) is 11.9 Å². The van der Waals surface area contributed by atoms with Crippen LogP contribution in [0.2, 0.25) is 0 Å². The summed E-state index contributed by atoms with van der Waals surface area (Å²) in [6, 6.07) is 24.4. The molecule has 0 aliphatic rings. The first-order chi connectivity index (χ1) is 10.9. The number of benzene rings is 2. The van der Waals surface area contributed by atoms with Crippen LogP contribution in [0.4, 0.5) is 0 Å². The predicted octanol–water partition coefficient (Wildman–Crippen LogP) is 4.09. The number of rotatable bonds is 6. The Morgan fingerprint density at radius 3 is 2.23 bits per heavy atom. The summed E-state index contributed by atoms with van der Waals surface area (Å²) in [4.78, 5) is 5.35. The normalized spacial score (nSPS) is 10.9. The van der Waals surface area contributed by atoms with Gasteiger partial charge in [-0.1, -0.05) is 65.8 Å². The second-order valence-electron chi connectivity index (χ2n) is 5.04. The molecule has 0 saturated carbocycles. The fraction of sp³-hybridized carbons (Fsp3) is 0.105. The van der Waals surface area contributed by atoms with Gasteiger partial charge < -0.3 is 9.40 Å². The Hall–Kier alpha value is -2.81. The minimum absolute atomic E-state index is 0.483. The van der Waals surface area contributed by atoms with Gasteiger partial charge in [0, 0.05) is 12.7 Å². The molecule has 3 rings (SSSR count). The van der Waals surface area contributed by atoms with Crippen molar-refractivity contribution in [2.24, 2.45) is 5.16 Å². The molecule has 0 bridgehead atoms. The molecule has 22 heavy (non-hydrogen) atoms. The quantitative estimate of drug-likeness (QED) is 0.496. The van der Waals surface area contributed by atoms with E-state index in [-0.39, 0.29) is 0 Å². The lowest BCUT2D eigenvalue weighted by Gasteiger charge is -2.06. The maximum atomic E-state index is 5.35. The van der Waals surface area contributed by atoms with Crippen LogP contribution in [0.5, 0.6) is 0 Å². The highest BCUT2D eigenvalue weighted by molar-refractivity contribution is 5.77. The molecule has 0 radical (unpaired) electrons. The molecule has 3 heteroatoms. The average molecular weight is 290 g/mol. The van der Waals surface area contributed by atoms with E-state index in [1.807, 2.05) is 54.7 Å². The van der Waals surface area contributed by atoms with E-state index in [2.05, 4.69) is 34.0 Å². The molecule has 0 spiro atoms. The van der Waals surface area contributed by atoms with Crippen LogP contribution < -0.4 is 0 Å². The van der Waals surface area contributed by atoms with Crippen molar-refractivity contribution >= 4 is 6.21 Å². The van der Waals surface area contributed by atoms with Crippen molar-refractivity contribution < 1.29 is 4.84 Å². The average Bonchev–Trinajstić information content (AvgIpc) is 3.01. The van der Waals surface area contributed by atoms with Gasteiger partial charge in [-0.2, -0.15) is 0 Å². The van der Waals surface area contributed by atoms with E-state index in [4.69, 9.17) is 4.84 Å². The molecule has 0 amide bonds. The maximum absolute atomic E-state index is 5.35. The summed E-state index contributed by atoms with van der Waals surface area (Å²) in [6.45, 7) is 1.31. The monoisotopic (exact) mass is 290 g/mol. The topological polar surface area (TPSA) is 26.5 Å². The van der Waals surface area contributed by atoms with Crippen LogP contribution in [-0.4, -0.2) is 10.8 Å². The Labute approximate surface area is 130 Å². The van der Waals surface area contributed by atoms with Gasteiger partial charge in [-0.3, -0.25) is 0 Å². The van der Waals surface area contributed by atoms with Crippen molar-refractivity contribution in [1.29, 1.82) is 0 Å². The Kier molecular flexibility index (Phi) is 4.67. The van der Waals surface area contributed by atoms with E-state index >= 15 is 0 Å². The van der Waals surface area contributed by atoms with Crippen molar-refractivity contribution in [2.75, 3.05) is 0 Å². The summed E-state index contributed by atoms with van der Waals surface area (Å²) in [5.74, 6) is 0. The number of aromatic nitrogens is 1. The van der Waals surface area contributed by atoms with Gasteiger partial charge in [0.2, 0.25) is 0 Å². The third-order valence-corrected chi connectivity index (χ3v) is 3.39. The highest BCUT2D eigenvalue weighted by Gasteiger charge is 1.99. The number of oxime groups is 1. The predicted molar refractivity (Wildman–Crippen MR) is 88.8 cm³/mol. The van der Waals surface area contributed by atoms with Crippen molar-refractivity contribution in [2.45, 2.75) is 13.2 Å². The van der Waals surface area contributed by atoms with E-state index in [0.717, 1.165) is 17.8 Å². The molecular weight excluding hydrogens is 272 g/mol. The Balaban J connectivity index is 1.59. The van der Waals surface area contributed by atoms with Gasteiger partial charge in [0.1, 0.15) is 6.61 Å². The molecule has 3 aromatic rings. The third kappa shape index (κ3) is 3.85. The third-order valence-electron chi connectivity index (χ3n) is 3.39. The minimum atomic E-state index is 0.483. The van der Waals surface area contributed by atoms with E-state index in [0.29, 0.717) is 6.61 Å². The molecular formula is C19H18N2O. The molecule has 0 saturated heterocycles. The first-order valence-corrected chi connectivity index (χ1v) is 7.30. The molecule has 110 valence electrons. The molecule has 1 aromatic heterocycles. The van der Waals surface area contributed by atoms with Gasteiger partial charge in [-0.15, -0.1) is 0 Å². The summed E-state index contributed by atoms with van der Waals surface area (Å²) in [5.41, 5.74) is 3.40. The van der Waals surface area contributed by atoms with Crippen LogP contribution in [0.25, 0.3) is 0 Å². The molecule has 3 nitrogen and oxygen atoms in total. The molecule has 0 unspecified atom stereocenters. The van der Waals surface area contributed by atoms with Gasteiger partial charge in [0.25, 0.3) is 0 Å². The number of hydrogen-bond donors (Lipinski definition) is 0. The molecule has 1 heterocycles. The van der Waals surface area contributed by atoms with Gasteiger partial charge >= 0.3 is 0 Å². The summed E-state index contributed by atoms with van der Waals surface area (Å²) < 4.78 is 2.14. The maximum Gasteiger partial charge on any atom is 0.142 e. The van der Waals surface area contributed by atoms with Crippen molar-refractivity contribution in [1.82, 2.24) is 4.57 Å². The lowest BCUT2D eigenvalue weighted by molar-refractivity contribution is 0.132. The van der Waals surface area contributed by atoms with Gasteiger partial charge in [0.15, 0.2) is 0 Å². The van der Waals surface area contributed by atoms with Crippen molar-refractivity contribution in [3.05, 3.63) is 95.8 Å². The van der Waals surface area contributed by atoms with Gasteiger partial charge in [-0.05, 0) is 23.3 Å². The van der Waals surface area contributed by atoms with Gasteiger partial charge in [-0.25, -0.2) is 0 Å². The summed E-state index contributed by atoms with van der Waals surface area (Å²) >= 11 is 0. The zero-order valence-electron chi connectivity index (χ0n) is 12.3. The van der Waals surface area contributed by atoms with Crippen molar-refractivity contribution in [3.63, 3.8) is 0 Å². The Bertz CT molecular complexity index is 717. The Morgan fingerprint density at radius 1 is 0.818 bits per heavy atom. The highest BCUT2D eigenvalue weighted by atomic mass is 16.6. The second kappa shape index (κ2) is 7.27. The first-order valence-electron chi connectivity index (χ1n) is 7.30. The highest BCUT2D eigenvalue weighted by Crippen LogP contribution is 2.07. The zero-order chi connectivity index (χ0) is 15.0. The minimum Gasteiger partial charge on any atom is -0.391 e. The standard InChI is InChI=1S/C19H18N2O/c1-3-8-17(9-4-1)15-21-13-7-12-19(21)14-20-22-16-18-10-5-2-6-11-18/h1-14H,15-16H2. The van der Waals surface area contributed by atoms with E-state index in [1.54, 1.807) is 6.21 Å². The second-order valence-corrected chi connectivity index (χ2v) is 5.04. The summed E-state index contributed by atoms with van der Waals surface area (Å²) in [5, 5.41) is 4.07. The summed E-state index contributed by atoms with van der Waals surface area (Å²) in [7, 11) is 0. The summed E-state index contributed by atoms with van der Waals surface area (Å²) in [6.07, 6.45) is 3.80. The lowest BCUT2D eigenvalue weighted by atomic mass is 10.2. The lowest BCUT2D eigenvalue weighted by Crippen LogP contribution is -2.02. The van der Waals surface area contributed by atoms with Crippen LogP contribution in [0.15, 0.2) is 84.1 Å². The Morgan fingerprint density at radius 2 is 1.50 bits per heavy atom. The number of hydrogen-bond acceptors (Lipinski definition) is 2. The molecule has 0 fully saturated rings. The molecule has 0 aliphatic heterocycles. The first kappa shape index (κ1) is 14.1. The molecule has 0 aliphatic carbocycles. The molecule has 2 aromatic carbocycles. The number of nitrogens with zero attached hydrogens (tertiary/aromatic N) is 2. The van der Waals surface area contributed by atoms with Crippen LogP contribution in [0, 0.1) is 0 Å². The fourth-order valence-corrected chi connectivity index (χ4v) is 2.25. The van der Waals surface area contributed by atoms with Crippen LogP contribution in [0.1, 0.15) is 16.8 Å². The zero-order valence-corrected chi connectivity index (χ0v) is 12.3.